The average molecular weight is 362 g/mol. The molecule has 0 aliphatic carbocycles. The maximum Gasteiger partial charge on any atom is 0.276 e. The monoisotopic (exact) mass is 362 g/mol. The molecule has 3 rings (SSSR count). The lowest BCUT2D eigenvalue weighted by molar-refractivity contribution is -0.385. The van der Waals surface area contributed by atoms with Gasteiger partial charge in [0.15, 0.2) is 0 Å². The van der Waals surface area contributed by atoms with Gasteiger partial charge in [0.1, 0.15) is 11.5 Å². The normalized spacial score (nSPS) is 11.6. The van der Waals surface area contributed by atoms with Crippen molar-refractivity contribution in [1.82, 2.24) is 0 Å². The molecule has 0 radical (unpaired) electrons. The summed E-state index contributed by atoms with van der Waals surface area (Å²) in [7, 11) is 1.44. The summed E-state index contributed by atoms with van der Waals surface area (Å²) >= 11 is 0. The van der Waals surface area contributed by atoms with E-state index in [0.717, 1.165) is 5.56 Å². The van der Waals surface area contributed by atoms with Crippen LogP contribution < -0.4 is 9.47 Å². The highest BCUT2D eigenvalue weighted by molar-refractivity contribution is 5.51. The molecule has 0 unspecified atom stereocenters. The Morgan fingerprint density at radius 3 is 2.38 bits per heavy atom. The number of rotatable bonds is 5. The van der Waals surface area contributed by atoms with Gasteiger partial charge < -0.3 is 14.6 Å². The van der Waals surface area contributed by atoms with Crippen molar-refractivity contribution in [3.8, 4) is 11.5 Å². The Morgan fingerprint density at radius 1 is 1.12 bits per heavy atom. The molecule has 0 spiro atoms. The van der Waals surface area contributed by atoms with Crippen LogP contribution in [0.2, 0.25) is 0 Å². The Balaban J connectivity index is 0.000000189. The van der Waals surface area contributed by atoms with Crippen LogP contribution in [-0.2, 0) is 12.8 Å². The zero-order chi connectivity index (χ0) is 19.1. The van der Waals surface area contributed by atoms with E-state index in [1.165, 1.54) is 19.2 Å². The van der Waals surface area contributed by atoms with Crippen molar-refractivity contribution in [3.63, 3.8) is 0 Å². The molecule has 2 aromatic rings. The molecule has 138 valence electrons. The van der Waals surface area contributed by atoms with Crippen molar-refractivity contribution >= 4 is 11.4 Å². The van der Waals surface area contributed by atoms with Crippen LogP contribution in [0, 0.1) is 20.2 Å². The molecule has 0 atom stereocenters. The summed E-state index contributed by atoms with van der Waals surface area (Å²) in [5, 5.41) is 29.9. The van der Waals surface area contributed by atoms with Crippen molar-refractivity contribution in [2.45, 2.75) is 12.8 Å². The molecule has 1 N–H and O–H groups in total. The van der Waals surface area contributed by atoms with E-state index in [9.17, 15) is 20.2 Å². The van der Waals surface area contributed by atoms with Crippen LogP contribution in [0.5, 0.6) is 11.5 Å². The van der Waals surface area contributed by atoms with Gasteiger partial charge in [-0.2, -0.15) is 0 Å². The number of aliphatic hydroxyl groups excluding tert-OH is 1. The van der Waals surface area contributed by atoms with Gasteiger partial charge in [0.25, 0.3) is 11.4 Å². The van der Waals surface area contributed by atoms with E-state index in [-0.39, 0.29) is 29.3 Å². The van der Waals surface area contributed by atoms with Gasteiger partial charge in [-0.05, 0) is 12.1 Å². The summed E-state index contributed by atoms with van der Waals surface area (Å²) in [4.78, 5) is 20.3. The fraction of sp³-hybridized carbons (Fsp3) is 0.294. The van der Waals surface area contributed by atoms with Crippen molar-refractivity contribution in [1.29, 1.82) is 0 Å². The van der Waals surface area contributed by atoms with Gasteiger partial charge in [0.2, 0.25) is 0 Å². The highest BCUT2D eigenvalue weighted by Crippen LogP contribution is 2.32. The number of fused-ring (bicyclic) bond motifs is 1. The highest BCUT2D eigenvalue weighted by Gasteiger charge is 2.22. The minimum absolute atomic E-state index is 0.0154. The van der Waals surface area contributed by atoms with Crippen LogP contribution in [0.1, 0.15) is 11.1 Å². The van der Waals surface area contributed by atoms with Gasteiger partial charge in [-0.25, -0.2) is 0 Å². The number of benzene rings is 2. The molecule has 0 saturated heterocycles. The van der Waals surface area contributed by atoms with E-state index < -0.39 is 4.92 Å². The summed E-state index contributed by atoms with van der Waals surface area (Å²) in [6.45, 7) is 0.418. The number of hydrogen-bond donors (Lipinski definition) is 1. The number of nitro groups is 2. The molecular formula is C17H18N2O7. The number of aliphatic hydroxyl groups is 1. The van der Waals surface area contributed by atoms with Crippen LogP contribution in [0.15, 0.2) is 36.4 Å². The van der Waals surface area contributed by atoms with Gasteiger partial charge >= 0.3 is 0 Å². The zero-order valence-corrected chi connectivity index (χ0v) is 14.1. The third kappa shape index (κ3) is 4.25. The first-order chi connectivity index (χ1) is 12.5. The lowest BCUT2D eigenvalue weighted by Crippen LogP contribution is -2.01. The first kappa shape index (κ1) is 19.1. The lowest BCUT2D eigenvalue weighted by atomic mass is 10.1. The number of ether oxygens (including phenoxy) is 2. The molecule has 0 saturated carbocycles. The molecule has 1 heterocycles. The quantitative estimate of drug-likeness (QED) is 0.640. The molecule has 0 fully saturated rings. The van der Waals surface area contributed by atoms with Gasteiger partial charge in [0, 0.05) is 31.6 Å². The van der Waals surface area contributed by atoms with E-state index in [4.69, 9.17) is 14.6 Å². The fourth-order valence-corrected chi connectivity index (χ4v) is 2.65. The Labute approximate surface area is 149 Å². The van der Waals surface area contributed by atoms with E-state index >= 15 is 0 Å². The predicted octanol–water partition coefficient (Wildman–Crippen LogP) is 2.67. The van der Waals surface area contributed by atoms with Crippen LogP contribution in [0.3, 0.4) is 0 Å². The van der Waals surface area contributed by atoms with Crippen molar-refractivity contribution in [3.05, 3.63) is 67.8 Å². The summed E-state index contributed by atoms with van der Waals surface area (Å²) in [6, 6.07) is 9.49. The van der Waals surface area contributed by atoms with Crippen molar-refractivity contribution in [2.24, 2.45) is 0 Å². The fourth-order valence-electron chi connectivity index (χ4n) is 2.65. The van der Waals surface area contributed by atoms with Gasteiger partial charge in [-0.15, -0.1) is 0 Å². The van der Waals surface area contributed by atoms with E-state index in [0.29, 0.717) is 30.1 Å². The molecule has 1 aliphatic heterocycles. The summed E-state index contributed by atoms with van der Waals surface area (Å²) in [5.74, 6) is 1.09. The molecular weight excluding hydrogens is 344 g/mol. The number of nitro benzene ring substituents is 2. The Bertz CT molecular complexity index is 808. The van der Waals surface area contributed by atoms with E-state index in [1.54, 1.807) is 24.3 Å². The number of methoxy groups -OCH3 is 1. The van der Waals surface area contributed by atoms with E-state index in [1.807, 2.05) is 0 Å². The Kier molecular flexibility index (Phi) is 6.45. The Morgan fingerprint density at radius 2 is 1.77 bits per heavy atom. The van der Waals surface area contributed by atoms with E-state index in [2.05, 4.69) is 0 Å². The van der Waals surface area contributed by atoms with Crippen molar-refractivity contribution in [2.75, 3.05) is 20.3 Å². The molecule has 9 nitrogen and oxygen atoms in total. The minimum Gasteiger partial charge on any atom is -0.496 e. The summed E-state index contributed by atoms with van der Waals surface area (Å²) < 4.78 is 10.2. The van der Waals surface area contributed by atoms with Gasteiger partial charge in [-0.1, -0.05) is 12.1 Å². The van der Waals surface area contributed by atoms with Gasteiger partial charge in [0.05, 0.1) is 34.7 Å². The van der Waals surface area contributed by atoms with Crippen molar-refractivity contribution < 1.29 is 24.4 Å². The molecule has 26 heavy (non-hydrogen) atoms. The zero-order valence-electron chi connectivity index (χ0n) is 14.1. The van der Waals surface area contributed by atoms with Crippen LogP contribution in [-0.4, -0.2) is 35.3 Å². The summed E-state index contributed by atoms with van der Waals surface area (Å²) in [5.41, 5.74) is 1.31. The molecule has 0 aromatic heterocycles. The number of hydrogen-bond acceptors (Lipinski definition) is 7. The largest absolute Gasteiger partial charge is 0.496 e. The van der Waals surface area contributed by atoms with Gasteiger partial charge in [-0.3, -0.25) is 20.2 Å². The Hall–Kier alpha value is -3.20. The molecule has 1 aliphatic rings. The maximum atomic E-state index is 10.6. The predicted molar refractivity (Wildman–Crippen MR) is 92.7 cm³/mol. The smallest absolute Gasteiger partial charge is 0.276 e. The number of nitrogens with zero attached hydrogens (tertiary/aromatic N) is 2. The second kappa shape index (κ2) is 8.77. The topological polar surface area (TPSA) is 125 Å². The highest BCUT2D eigenvalue weighted by atomic mass is 16.6. The van der Waals surface area contributed by atoms with Crippen LogP contribution in [0.4, 0.5) is 11.4 Å². The average Bonchev–Trinajstić information content (AvgIpc) is 3.11. The minimum atomic E-state index is -0.479. The third-order valence-corrected chi connectivity index (χ3v) is 3.80. The SMILES string of the molecule is COc1cccc([N+](=O)[O-])c1CCO.O=[N+]([O-])c1cccc2c1CCO2. The molecule has 9 heteroatoms. The maximum absolute atomic E-state index is 10.6. The van der Waals surface area contributed by atoms with Crippen LogP contribution >= 0.6 is 0 Å². The lowest BCUT2D eigenvalue weighted by Gasteiger charge is -2.06. The molecule has 2 aromatic carbocycles. The standard InChI is InChI=1S/C9H11NO4.C8H7NO3/c1-14-9-4-2-3-8(10(12)13)7(9)5-6-11;10-9(11)7-2-1-3-8-6(7)4-5-12-8/h2-4,11H,5-6H2,1H3;1-3H,4-5H2. The third-order valence-electron chi connectivity index (χ3n) is 3.80. The van der Waals surface area contributed by atoms with Crippen LogP contribution in [0.25, 0.3) is 0 Å². The second-order valence-electron chi connectivity index (χ2n) is 5.30. The molecule has 0 amide bonds. The molecule has 0 bridgehead atoms. The first-order valence-electron chi connectivity index (χ1n) is 7.79. The second-order valence-corrected chi connectivity index (χ2v) is 5.30. The summed E-state index contributed by atoms with van der Waals surface area (Å²) in [6.07, 6.45) is 0.868. The first-order valence-corrected chi connectivity index (χ1v) is 7.79.